The van der Waals surface area contributed by atoms with Gasteiger partial charge in [-0.3, -0.25) is 9.69 Å². The Morgan fingerprint density at radius 2 is 1.87 bits per heavy atom. The van der Waals surface area contributed by atoms with Crippen molar-refractivity contribution < 1.29 is 4.79 Å². The molecule has 5 heteroatoms. The second kappa shape index (κ2) is 9.91. The van der Waals surface area contributed by atoms with Crippen LogP contribution >= 0.6 is 12.4 Å². The Labute approximate surface area is 146 Å². The lowest BCUT2D eigenvalue weighted by Crippen LogP contribution is -2.34. The van der Waals surface area contributed by atoms with E-state index < -0.39 is 0 Å². The number of hydrogen-bond donors (Lipinski definition) is 2. The molecule has 2 atom stereocenters. The van der Waals surface area contributed by atoms with Crippen LogP contribution in [-0.4, -0.2) is 37.0 Å². The van der Waals surface area contributed by atoms with E-state index in [-0.39, 0.29) is 24.2 Å². The highest BCUT2D eigenvalue weighted by Crippen LogP contribution is 2.17. The molecular formula is C18H30ClN3O. The summed E-state index contributed by atoms with van der Waals surface area (Å²) in [5.41, 5.74) is 2.53. The normalized spacial score (nSPS) is 20.3. The molecule has 1 aliphatic rings. The average molecular weight is 340 g/mol. The lowest BCUT2D eigenvalue weighted by atomic mass is 9.97. The summed E-state index contributed by atoms with van der Waals surface area (Å²) in [5, 5.41) is 6.41. The molecule has 0 spiro atoms. The molecule has 0 aliphatic carbocycles. The second-order valence-corrected chi connectivity index (χ2v) is 6.19. The van der Waals surface area contributed by atoms with E-state index in [2.05, 4.69) is 54.5 Å². The topological polar surface area (TPSA) is 44.4 Å². The number of amides is 1. The number of carbonyl (C=O) groups is 1. The third-order valence-corrected chi connectivity index (χ3v) is 4.71. The van der Waals surface area contributed by atoms with Gasteiger partial charge in [0.1, 0.15) is 0 Å². The van der Waals surface area contributed by atoms with E-state index in [1.807, 2.05) is 6.07 Å². The Bertz CT molecular complexity index is 491. The molecule has 0 radical (unpaired) electrons. The monoisotopic (exact) mass is 339 g/mol. The smallest absolute Gasteiger partial charge is 0.224 e. The van der Waals surface area contributed by atoms with Gasteiger partial charge in [-0.25, -0.2) is 0 Å². The first kappa shape index (κ1) is 19.9. The summed E-state index contributed by atoms with van der Waals surface area (Å²) in [6.45, 7) is 11.9. The third kappa shape index (κ3) is 5.48. The molecular weight excluding hydrogens is 310 g/mol. The zero-order valence-corrected chi connectivity index (χ0v) is 15.3. The van der Waals surface area contributed by atoms with Crippen LogP contribution in [0, 0.1) is 11.8 Å². The quantitative estimate of drug-likeness (QED) is 0.802. The van der Waals surface area contributed by atoms with Gasteiger partial charge in [-0.2, -0.15) is 0 Å². The third-order valence-electron chi connectivity index (χ3n) is 4.71. The Balaban J connectivity index is 0.00000264. The molecule has 1 aromatic rings. The highest BCUT2D eigenvalue weighted by Gasteiger charge is 2.29. The summed E-state index contributed by atoms with van der Waals surface area (Å²) in [4.78, 5) is 14.7. The molecule has 23 heavy (non-hydrogen) atoms. The van der Waals surface area contributed by atoms with Crippen molar-refractivity contribution in [1.29, 1.82) is 0 Å². The van der Waals surface area contributed by atoms with E-state index >= 15 is 0 Å². The van der Waals surface area contributed by atoms with Crippen molar-refractivity contribution in [2.75, 3.05) is 26.2 Å². The molecule has 0 bridgehead atoms. The summed E-state index contributed by atoms with van der Waals surface area (Å²) < 4.78 is 0. The number of carbonyl (C=O) groups excluding carboxylic acids is 1. The van der Waals surface area contributed by atoms with Gasteiger partial charge in [-0.05, 0) is 36.7 Å². The predicted molar refractivity (Wildman–Crippen MR) is 97.7 cm³/mol. The minimum absolute atomic E-state index is 0. The van der Waals surface area contributed by atoms with Crippen molar-refractivity contribution in [2.24, 2.45) is 11.8 Å². The maximum Gasteiger partial charge on any atom is 0.224 e. The summed E-state index contributed by atoms with van der Waals surface area (Å²) in [7, 11) is 0. The molecule has 0 aromatic heterocycles. The molecule has 2 rings (SSSR count). The van der Waals surface area contributed by atoms with E-state index in [4.69, 9.17) is 0 Å². The fourth-order valence-corrected chi connectivity index (χ4v) is 3.05. The Kier molecular flexibility index (Phi) is 8.59. The van der Waals surface area contributed by atoms with Crippen molar-refractivity contribution in [3.8, 4) is 0 Å². The number of rotatable bonds is 7. The van der Waals surface area contributed by atoms with Gasteiger partial charge in [-0.1, -0.05) is 45.0 Å². The van der Waals surface area contributed by atoms with Crippen molar-refractivity contribution in [1.82, 2.24) is 15.5 Å². The van der Waals surface area contributed by atoms with Crippen LogP contribution < -0.4 is 10.6 Å². The van der Waals surface area contributed by atoms with Crippen LogP contribution in [0.1, 0.15) is 31.9 Å². The first-order valence-corrected chi connectivity index (χ1v) is 8.43. The summed E-state index contributed by atoms with van der Waals surface area (Å²) in [5.74, 6) is 0.705. The highest BCUT2D eigenvalue weighted by atomic mass is 35.5. The van der Waals surface area contributed by atoms with Crippen LogP contribution in [0.15, 0.2) is 24.3 Å². The molecule has 1 aliphatic heterocycles. The highest BCUT2D eigenvalue weighted by molar-refractivity contribution is 5.85. The number of nitrogens with zero attached hydrogens (tertiary/aromatic N) is 1. The van der Waals surface area contributed by atoms with Gasteiger partial charge in [0, 0.05) is 19.6 Å². The molecule has 4 nitrogen and oxygen atoms in total. The summed E-state index contributed by atoms with van der Waals surface area (Å²) >= 11 is 0. The van der Waals surface area contributed by atoms with Gasteiger partial charge in [0.05, 0.1) is 5.92 Å². The molecule has 0 unspecified atom stereocenters. The maximum atomic E-state index is 12.3. The van der Waals surface area contributed by atoms with Crippen LogP contribution in [0.2, 0.25) is 0 Å². The number of nitrogens with one attached hydrogen (secondary N) is 2. The van der Waals surface area contributed by atoms with E-state index in [1.165, 1.54) is 11.1 Å². The first-order valence-electron chi connectivity index (χ1n) is 8.43. The molecule has 1 aromatic carbocycles. The van der Waals surface area contributed by atoms with Crippen molar-refractivity contribution in [2.45, 2.75) is 33.9 Å². The fourth-order valence-electron chi connectivity index (χ4n) is 3.05. The van der Waals surface area contributed by atoms with Crippen LogP contribution in [0.3, 0.4) is 0 Å². The van der Waals surface area contributed by atoms with Crippen molar-refractivity contribution in [3.05, 3.63) is 35.4 Å². The predicted octanol–water partition coefficient (Wildman–Crippen LogP) is 2.42. The summed E-state index contributed by atoms with van der Waals surface area (Å²) in [6.07, 6.45) is 0. The van der Waals surface area contributed by atoms with E-state index in [0.29, 0.717) is 12.5 Å². The molecule has 0 saturated carbocycles. The molecule has 1 amide bonds. The maximum absolute atomic E-state index is 12.3. The standard InChI is InChI=1S/C18H29N3O.ClH/c1-4-21(5-2)13-16-9-7-6-8-15(16)11-20-18(22)17-12-19-10-14(17)3;/h6-9,14,17,19H,4-5,10-13H2,1-3H3,(H,20,22);1H/t14-,17-;/m1./s1. The minimum Gasteiger partial charge on any atom is -0.352 e. The largest absolute Gasteiger partial charge is 0.352 e. The average Bonchev–Trinajstić information content (AvgIpc) is 2.97. The molecule has 1 fully saturated rings. The number of halogens is 1. The van der Waals surface area contributed by atoms with Crippen LogP contribution in [0.5, 0.6) is 0 Å². The Morgan fingerprint density at radius 3 is 2.43 bits per heavy atom. The van der Waals surface area contributed by atoms with Gasteiger partial charge < -0.3 is 10.6 Å². The van der Waals surface area contributed by atoms with E-state index in [0.717, 1.165) is 32.7 Å². The molecule has 1 heterocycles. The van der Waals surface area contributed by atoms with Gasteiger partial charge in [0.2, 0.25) is 5.91 Å². The number of benzene rings is 1. The minimum atomic E-state index is 0. The Morgan fingerprint density at radius 1 is 1.22 bits per heavy atom. The van der Waals surface area contributed by atoms with Crippen LogP contribution in [0.25, 0.3) is 0 Å². The number of hydrogen-bond acceptors (Lipinski definition) is 3. The molecule has 1 saturated heterocycles. The molecule has 2 N–H and O–H groups in total. The Hall–Kier alpha value is -1.10. The van der Waals surface area contributed by atoms with Gasteiger partial charge in [0.25, 0.3) is 0 Å². The van der Waals surface area contributed by atoms with Crippen LogP contribution in [0.4, 0.5) is 0 Å². The SMILES string of the molecule is CCN(CC)Cc1ccccc1CNC(=O)[C@@H]1CNC[C@H]1C.Cl. The second-order valence-electron chi connectivity index (χ2n) is 6.19. The van der Waals surface area contributed by atoms with E-state index in [9.17, 15) is 4.79 Å². The van der Waals surface area contributed by atoms with Gasteiger partial charge in [-0.15, -0.1) is 12.4 Å². The fraction of sp³-hybridized carbons (Fsp3) is 0.611. The van der Waals surface area contributed by atoms with Gasteiger partial charge >= 0.3 is 0 Å². The van der Waals surface area contributed by atoms with Gasteiger partial charge in [0.15, 0.2) is 0 Å². The zero-order chi connectivity index (χ0) is 15.9. The summed E-state index contributed by atoms with van der Waals surface area (Å²) in [6, 6.07) is 8.41. The van der Waals surface area contributed by atoms with E-state index in [1.54, 1.807) is 0 Å². The zero-order valence-electron chi connectivity index (χ0n) is 14.5. The van der Waals surface area contributed by atoms with Crippen molar-refractivity contribution >= 4 is 18.3 Å². The lowest BCUT2D eigenvalue weighted by Gasteiger charge is -2.21. The lowest BCUT2D eigenvalue weighted by molar-refractivity contribution is -0.125. The molecule has 130 valence electrons. The first-order chi connectivity index (χ1) is 10.7. The van der Waals surface area contributed by atoms with Crippen LogP contribution in [-0.2, 0) is 17.9 Å². The van der Waals surface area contributed by atoms with Crippen molar-refractivity contribution in [3.63, 3.8) is 0 Å².